The molecule has 122 heavy (non-hydrogen) atoms. The van der Waals surface area contributed by atoms with Crippen molar-refractivity contribution in [3.8, 4) is 57.1 Å². The Morgan fingerprint density at radius 3 is 1.91 bits per heavy atom. The number of amides is 7. The maximum atomic E-state index is 16.4. The molecule has 7 amide bonds. The van der Waals surface area contributed by atoms with Gasteiger partial charge in [0, 0.05) is 48.3 Å². The zero-order chi connectivity index (χ0) is 88.7. The number of aliphatic carboxylic acids is 1. The minimum absolute atomic E-state index is 0.104. The smallest absolute Gasteiger partial charge is 0.330 e. The number of aliphatic hydroxyl groups excluding tert-OH is 6. The first-order valence-electron chi connectivity index (χ1n) is 41.0. The molecule has 668 valence electrons. The summed E-state index contributed by atoms with van der Waals surface area (Å²) >= 11 is 14.4. The van der Waals surface area contributed by atoms with Gasteiger partial charge < -0.3 is 143 Å². The number of hydrogen-bond acceptors (Lipinski definition) is 28. The Labute approximate surface area is 715 Å². The highest BCUT2D eigenvalue weighted by molar-refractivity contribution is 6.32. The van der Waals surface area contributed by atoms with Crippen molar-refractivity contribution in [2.45, 2.75) is 227 Å². The van der Waals surface area contributed by atoms with E-state index < -0.39 is 231 Å². The minimum Gasteiger partial charge on any atom is -0.507 e. The van der Waals surface area contributed by atoms with E-state index in [1.807, 2.05) is 32.8 Å². The molecular formula is C84H114Cl2N12O24. The molecule has 11 bridgehead atoms. The van der Waals surface area contributed by atoms with Gasteiger partial charge in [0.1, 0.15) is 89.5 Å². The third-order valence-electron chi connectivity index (χ3n) is 22.3. The number of aliphatic hydroxyl groups is 6. The topological polar surface area (TPSA) is 544 Å². The average molecular weight is 1750 g/mol. The number of halogens is 2. The number of fused-ring (bicyclic) bond motifs is 15. The quantitative estimate of drug-likeness (QED) is 0.0274. The van der Waals surface area contributed by atoms with Crippen molar-refractivity contribution < 1.29 is 118 Å². The fourth-order valence-corrected chi connectivity index (χ4v) is 16.0. The van der Waals surface area contributed by atoms with Gasteiger partial charge in [-0.05, 0) is 157 Å². The summed E-state index contributed by atoms with van der Waals surface area (Å²) in [4.78, 5) is 121. The molecule has 38 heteroatoms. The van der Waals surface area contributed by atoms with E-state index in [0.29, 0.717) is 32.6 Å². The molecule has 5 aromatic rings. The van der Waals surface area contributed by atoms with Crippen molar-refractivity contribution in [1.29, 1.82) is 0 Å². The Bertz CT molecular complexity index is 4550. The number of phenolic OH excluding ortho intramolecular Hbond substituents is 3. The highest BCUT2D eigenvalue weighted by Crippen LogP contribution is 2.51. The van der Waals surface area contributed by atoms with Crippen LogP contribution >= 0.6 is 23.2 Å². The number of likely N-dealkylation sites (N-methyl/N-ethyl adjacent to an activating group) is 1. The first-order valence-corrected chi connectivity index (χ1v) is 41.8. The second-order valence-electron chi connectivity index (χ2n) is 32.4. The maximum absolute atomic E-state index is 16.4. The van der Waals surface area contributed by atoms with Crippen LogP contribution in [0.3, 0.4) is 0 Å². The van der Waals surface area contributed by atoms with Crippen molar-refractivity contribution in [2.24, 2.45) is 11.7 Å². The molecule has 22 N–H and O–H groups in total. The number of unbranched alkanes of at least 4 members (excludes halogenated alkanes) is 7. The van der Waals surface area contributed by atoms with E-state index in [2.05, 4.69) is 60.1 Å². The van der Waals surface area contributed by atoms with Gasteiger partial charge in [-0.15, -0.1) is 0 Å². The van der Waals surface area contributed by atoms with Crippen molar-refractivity contribution in [2.75, 3.05) is 60.5 Å². The number of nitrogens with two attached hydrogens (primary N) is 1. The molecule has 0 aromatic heterocycles. The maximum Gasteiger partial charge on any atom is 0.330 e. The number of primary amides is 1. The van der Waals surface area contributed by atoms with Gasteiger partial charge in [-0.25, -0.2) is 4.79 Å². The van der Waals surface area contributed by atoms with Crippen LogP contribution in [0, 0.1) is 5.92 Å². The minimum atomic E-state index is -2.36. The van der Waals surface area contributed by atoms with Crippen molar-refractivity contribution >= 4 is 70.5 Å². The molecule has 2 fully saturated rings. The molecule has 7 aliphatic rings. The van der Waals surface area contributed by atoms with E-state index in [-0.39, 0.29) is 64.1 Å². The van der Waals surface area contributed by atoms with E-state index in [1.165, 1.54) is 57.4 Å². The van der Waals surface area contributed by atoms with E-state index in [0.717, 1.165) is 80.4 Å². The molecule has 36 nitrogen and oxygen atoms in total. The Kier molecular flexibility index (Phi) is 33.3. The van der Waals surface area contributed by atoms with Crippen LogP contribution in [0.1, 0.15) is 175 Å². The molecule has 7 heterocycles. The molecule has 0 aliphatic carbocycles. The molecule has 0 spiro atoms. The van der Waals surface area contributed by atoms with Crippen molar-refractivity contribution in [3.63, 3.8) is 0 Å². The fraction of sp³-hybridized carbons (Fsp3) is 0.548. The number of carboxylic acid groups (broad SMARTS) is 1. The van der Waals surface area contributed by atoms with Crippen LogP contribution in [-0.2, 0) is 59.1 Å². The third kappa shape index (κ3) is 23.2. The Morgan fingerprint density at radius 1 is 0.680 bits per heavy atom. The van der Waals surface area contributed by atoms with Gasteiger partial charge in [-0.2, -0.15) is 0 Å². The lowest BCUT2D eigenvalue weighted by Crippen LogP contribution is -2.65. The van der Waals surface area contributed by atoms with Gasteiger partial charge in [0.15, 0.2) is 29.9 Å². The molecule has 0 saturated carbocycles. The predicted molar refractivity (Wildman–Crippen MR) is 443 cm³/mol. The molecule has 0 radical (unpaired) electrons. The fourth-order valence-electron chi connectivity index (χ4n) is 15.6. The van der Waals surface area contributed by atoms with Crippen LogP contribution in [0.5, 0.6) is 46.0 Å². The van der Waals surface area contributed by atoms with Crippen LogP contribution < -0.4 is 73.1 Å². The number of rotatable bonds is 32. The van der Waals surface area contributed by atoms with Crippen LogP contribution in [0.15, 0.2) is 72.8 Å². The molecule has 7 aliphatic heterocycles. The van der Waals surface area contributed by atoms with Gasteiger partial charge in [-0.1, -0.05) is 107 Å². The van der Waals surface area contributed by atoms with E-state index in [4.69, 9.17) is 57.4 Å². The van der Waals surface area contributed by atoms with Crippen LogP contribution in [-0.4, -0.2) is 243 Å². The summed E-state index contributed by atoms with van der Waals surface area (Å²) in [7, 11) is 5.19. The summed E-state index contributed by atoms with van der Waals surface area (Å²) in [5, 5.41) is 146. The SMILES string of the molecule is CCCCCCCCCCNCCN[C@@]1(C)C[C@H](O[C@H]2[C@H](Oc3c4cc5cc3Oc3ccc(cc3Cl)[C@@H](O)[C@@H](NC(=O)[C@@H](CC(C)C)NC)C(=O)N[C@@H](CC(N)=O)C(=O)N[C@H]5C(=O)N[C@H]3C(=O)N[C@H](C(=O)N[C@H](C(=O)O)c5cc(O)c(CNCCCN(C)C)c(O)c5-c5cc3ccc5O)[C@H](O)c3ccc(c(Cl)c3)O4)O[C@H](CO)[C@@H](O)[C@@H]2O)O[C@@H](C)[C@H]1O. The highest BCUT2D eigenvalue weighted by Gasteiger charge is 2.52. The lowest BCUT2D eigenvalue weighted by atomic mass is 9.85. The number of phenols is 3. The summed E-state index contributed by atoms with van der Waals surface area (Å²) in [6.07, 6.45) is -8.53. The standard InChI is InChI=1S/C84H114Cl2N12O24/c1-9-10-11-12-13-14-15-16-24-89-26-27-91-84(5)37-61(117-41(4)75(84)108)121-74-72(107)71(106)59(39-99)120-83(74)122-73-57-33-45-34-58(73)119-56-23-20-44(32-50(56)86)69(104)67-81(114)95-65(82(115)116)47-35-54(101)48(38-90-25-17-28-98(7)8)70(105)62(47)46-30-42(18-21-53(46)100)63(78(111)97-67)94-79(112)64(45)93-77(110)52(36-60(87)102)92-80(113)66(96-76(109)51(88-6)29-40(2)3)68(103)43-19-22-55(118-57)49(85)31-43/h18-23,30-35,40-41,51-52,59,61,63-69,71-72,74-75,83,88-91,99-101,103-108H,9-17,24-29,36-39H2,1-8H3,(H2,87,102)(H,92,113)(H,93,110)(H,94,112)(H,95,114)(H,96,109)(H,97,111)(H,115,116)/t41-,51+,52-,59+,61-,63+,64+,65-,66+,67-,68+,69+,71+,72-,74+,75+,83-,84-/m0/s1. The normalized spacial score (nSPS) is 26.5. The summed E-state index contributed by atoms with van der Waals surface area (Å²) in [5.74, 6) is -15.8. The predicted octanol–water partition coefficient (Wildman–Crippen LogP) is 3.51. The highest BCUT2D eigenvalue weighted by atomic mass is 35.5. The molecule has 5 aromatic carbocycles. The van der Waals surface area contributed by atoms with Crippen molar-refractivity contribution in [1.82, 2.24) is 58.1 Å². The number of aromatic hydroxyl groups is 3. The van der Waals surface area contributed by atoms with E-state index in [9.17, 15) is 65.4 Å². The van der Waals surface area contributed by atoms with Crippen LogP contribution in [0.4, 0.5) is 0 Å². The summed E-state index contributed by atoms with van der Waals surface area (Å²) in [6.45, 7) is 10.6. The molecule has 2 saturated heterocycles. The van der Waals surface area contributed by atoms with Gasteiger partial charge >= 0.3 is 5.97 Å². The second kappa shape index (κ2) is 42.9. The summed E-state index contributed by atoms with van der Waals surface area (Å²) in [5.41, 5.74) is 1.68. The third-order valence-corrected chi connectivity index (χ3v) is 22.9. The van der Waals surface area contributed by atoms with E-state index >= 15 is 24.0 Å². The number of nitrogens with one attached hydrogen (secondary N) is 10. The second-order valence-corrected chi connectivity index (χ2v) is 33.2. The number of ether oxygens (including phenoxy) is 6. The Balaban J connectivity index is 1.16. The largest absolute Gasteiger partial charge is 0.507 e. The van der Waals surface area contributed by atoms with Crippen molar-refractivity contribution in [3.05, 3.63) is 116 Å². The molecule has 0 unspecified atom stereocenters. The monoisotopic (exact) mass is 1740 g/mol. The molecular weight excluding hydrogens is 1630 g/mol. The Hall–Kier alpha value is -9.32. The lowest BCUT2D eigenvalue weighted by Gasteiger charge is -2.48. The van der Waals surface area contributed by atoms with E-state index in [1.54, 1.807) is 13.8 Å². The average Bonchev–Trinajstić information content (AvgIpc) is 0.764. The van der Waals surface area contributed by atoms with Gasteiger partial charge in [0.05, 0.1) is 46.9 Å². The lowest BCUT2D eigenvalue weighted by molar-refractivity contribution is -0.334. The first-order chi connectivity index (χ1) is 58.0. The number of carbonyl (C=O) groups excluding carboxylic acids is 7. The number of carboxylic acids is 1. The van der Waals surface area contributed by atoms with Gasteiger partial charge in [0.25, 0.3) is 0 Å². The van der Waals surface area contributed by atoms with Gasteiger partial charge in [-0.3, -0.25) is 33.6 Å². The number of nitrogens with zero attached hydrogens (tertiary/aromatic N) is 1. The molecule has 18 atom stereocenters. The van der Waals surface area contributed by atoms with Gasteiger partial charge in [0.2, 0.25) is 53.4 Å². The van der Waals surface area contributed by atoms with Crippen LogP contribution in [0.2, 0.25) is 10.0 Å². The zero-order valence-corrected chi connectivity index (χ0v) is 70.7. The zero-order valence-electron chi connectivity index (χ0n) is 69.2. The van der Waals surface area contributed by atoms with Crippen LogP contribution in [0.25, 0.3) is 11.1 Å². The number of hydrogen-bond donors (Lipinski definition) is 21. The number of carbonyl (C=O) groups is 8. The summed E-state index contributed by atoms with van der Waals surface area (Å²) in [6, 6.07) is -1.13. The molecule has 12 rings (SSSR count). The number of benzene rings is 5. The summed E-state index contributed by atoms with van der Waals surface area (Å²) < 4.78 is 39.6. The Morgan fingerprint density at radius 2 is 1.30 bits per heavy atom. The first kappa shape index (κ1) is 94.9.